The van der Waals surface area contributed by atoms with E-state index in [-0.39, 0.29) is 0 Å². The van der Waals surface area contributed by atoms with Gasteiger partial charge in [0.15, 0.2) is 5.82 Å². The fraction of sp³-hybridized carbons (Fsp3) is 0. The molecule has 0 N–H and O–H groups in total. The molecule has 0 aliphatic rings. The predicted octanol–water partition coefficient (Wildman–Crippen LogP) is 14.1. The zero-order chi connectivity index (χ0) is 37.0. The molecule has 0 saturated carbocycles. The van der Waals surface area contributed by atoms with E-state index in [9.17, 15) is 0 Å². The molecule has 0 spiro atoms. The van der Waals surface area contributed by atoms with Crippen LogP contribution in [0.1, 0.15) is 0 Å². The summed E-state index contributed by atoms with van der Waals surface area (Å²) in [5.41, 5.74) is 13.0. The molecular weight excluding hydrogens is 703 g/mol. The van der Waals surface area contributed by atoms with Crippen LogP contribution in [0.15, 0.2) is 193 Å². The monoisotopic (exact) mass is 733 g/mol. The minimum Gasteiger partial charge on any atom is -0.455 e. The van der Waals surface area contributed by atoms with E-state index in [1.54, 1.807) is 0 Å². The molecule has 0 amide bonds. The highest BCUT2D eigenvalue weighted by Gasteiger charge is 2.19. The predicted molar refractivity (Wildman–Crippen MR) is 233 cm³/mol. The summed E-state index contributed by atoms with van der Waals surface area (Å²) < 4.78 is 9.29. The van der Waals surface area contributed by atoms with Gasteiger partial charge in [-0.15, -0.1) is 11.3 Å². The number of benzene rings is 7. The number of nitrogens with zero attached hydrogens (tertiary/aromatic N) is 3. The van der Waals surface area contributed by atoms with Crippen molar-refractivity contribution in [3.05, 3.63) is 188 Å². The highest BCUT2D eigenvalue weighted by atomic mass is 32.1. The molecule has 0 atom stereocenters. The Labute approximate surface area is 327 Å². The number of rotatable bonds is 6. The van der Waals surface area contributed by atoms with Gasteiger partial charge in [0.1, 0.15) is 11.2 Å². The van der Waals surface area contributed by atoms with Crippen molar-refractivity contribution in [1.29, 1.82) is 0 Å². The molecule has 0 aliphatic heterocycles. The van der Waals surface area contributed by atoms with Gasteiger partial charge >= 0.3 is 0 Å². The summed E-state index contributed by atoms with van der Waals surface area (Å²) in [5, 5.41) is 4.78. The van der Waals surface area contributed by atoms with E-state index in [2.05, 4.69) is 145 Å². The number of furan rings is 1. The normalized spacial score (nSPS) is 11.6. The molecule has 0 aliphatic carbocycles. The SMILES string of the molecule is c1ccc(-c2cc(-c3ccc(-c4ccc(-c5ccc6sc7ccccc7c6c5)c5oc6ccccc6c45)cc3)nc(-c3ccc(-c4ccccn4)cc3)n2)cc1. The van der Waals surface area contributed by atoms with Crippen molar-refractivity contribution in [2.45, 2.75) is 0 Å². The number of pyridine rings is 1. The van der Waals surface area contributed by atoms with Crippen molar-refractivity contribution in [2.24, 2.45) is 0 Å². The van der Waals surface area contributed by atoms with Crippen LogP contribution in [0, 0.1) is 0 Å². The lowest BCUT2D eigenvalue weighted by Gasteiger charge is -2.11. The summed E-state index contributed by atoms with van der Waals surface area (Å²) in [6.07, 6.45) is 1.82. The standard InChI is InChI=1S/C51H31N3OS/c1-2-10-33(11-3-1)44-31-45(54-51(53-44)36-23-21-34(22-24-36)43-14-8-9-29-52-43)35-19-17-32(18-20-35)38-26-27-39(50-49(38)41-13-4-6-15-46(41)55-50)37-25-28-48-42(30-37)40-12-5-7-16-47(40)56-48/h1-31H. The summed E-state index contributed by atoms with van der Waals surface area (Å²) in [4.78, 5) is 14.7. The maximum absolute atomic E-state index is 6.70. The van der Waals surface area contributed by atoms with E-state index in [1.807, 2.05) is 60.0 Å². The summed E-state index contributed by atoms with van der Waals surface area (Å²) in [7, 11) is 0. The maximum Gasteiger partial charge on any atom is 0.160 e. The third kappa shape index (κ3) is 5.56. The lowest BCUT2D eigenvalue weighted by Crippen LogP contribution is -1.96. The molecule has 7 aromatic carbocycles. The van der Waals surface area contributed by atoms with Crippen LogP contribution in [0.5, 0.6) is 0 Å². The second-order valence-electron chi connectivity index (χ2n) is 14.0. The molecule has 4 heterocycles. The zero-order valence-corrected chi connectivity index (χ0v) is 30.9. The smallest absolute Gasteiger partial charge is 0.160 e. The largest absolute Gasteiger partial charge is 0.455 e. The molecule has 0 radical (unpaired) electrons. The molecule has 56 heavy (non-hydrogen) atoms. The molecule has 0 saturated heterocycles. The van der Waals surface area contributed by atoms with Crippen molar-refractivity contribution in [2.75, 3.05) is 0 Å². The van der Waals surface area contributed by atoms with Crippen LogP contribution in [0.25, 0.3) is 110 Å². The van der Waals surface area contributed by atoms with Crippen LogP contribution < -0.4 is 0 Å². The first kappa shape index (κ1) is 32.2. The third-order valence-electron chi connectivity index (χ3n) is 10.6. The van der Waals surface area contributed by atoms with Gasteiger partial charge in [-0.3, -0.25) is 4.98 Å². The Hall–Kier alpha value is -7.21. The third-order valence-corrected chi connectivity index (χ3v) is 11.8. The molecule has 4 aromatic heterocycles. The van der Waals surface area contributed by atoms with E-state index < -0.39 is 0 Å². The number of aromatic nitrogens is 3. The van der Waals surface area contributed by atoms with Crippen molar-refractivity contribution in [3.8, 4) is 67.4 Å². The fourth-order valence-electron chi connectivity index (χ4n) is 7.81. The van der Waals surface area contributed by atoms with Crippen LogP contribution in [0.2, 0.25) is 0 Å². The van der Waals surface area contributed by atoms with E-state index in [1.165, 1.54) is 20.2 Å². The van der Waals surface area contributed by atoms with Gasteiger partial charge in [0.25, 0.3) is 0 Å². The van der Waals surface area contributed by atoms with Gasteiger partial charge in [0, 0.05) is 65.0 Å². The molecule has 0 unspecified atom stereocenters. The van der Waals surface area contributed by atoms with Gasteiger partial charge in [-0.1, -0.05) is 133 Å². The lowest BCUT2D eigenvalue weighted by atomic mass is 9.93. The highest BCUT2D eigenvalue weighted by molar-refractivity contribution is 7.25. The van der Waals surface area contributed by atoms with Gasteiger partial charge in [-0.05, 0) is 65.2 Å². The minimum atomic E-state index is 0.675. The number of para-hydroxylation sites is 1. The Bertz CT molecular complexity index is 3220. The van der Waals surface area contributed by atoms with Gasteiger partial charge in [0.2, 0.25) is 0 Å². The van der Waals surface area contributed by atoms with E-state index in [0.717, 1.165) is 83.5 Å². The van der Waals surface area contributed by atoms with Gasteiger partial charge in [-0.25, -0.2) is 9.97 Å². The first-order chi connectivity index (χ1) is 27.7. The molecular formula is C51H31N3OS. The van der Waals surface area contributed by atoms with Crippen LogP contribution in [0.4, 0.5) is 0 Å². The van der Waals surface area contributed by atoms with Crippen LogP contribution in [-0.4, -0.2) is 15.0 Å². The average molecular weight is 734 g/mol. The van der Waals surface area contributed by atoms with Crippen LogP contribution in [0.3, 0.4) is 0 Å². The summed E-state index contributed by atoms with van der Waals surface area (Å²) in [6, 6.07) is 63.6. The summed E-state index contributed by atoms with van der Waals surface area (Å²) in [6.45, 7) is 0. The van der Waals surface area contributed by atoms with E-state index >= 15 is 0 Å². The Morgan fingerprint density at radius 2 is 1.00 bits per heavy atom. The summed E-state index contributed by atoms with van der Waals surface area (Å²) in [5.74, 6) is 0.675. The molecule has 11 aromatic rings. The van der Waals surface area contributed by atoms with Gasteiger partial charge in [0.05, 0.1) is 17.1 Å². The molecule has 5 heteroatoms. The Balaban J connectivity index is 1.01. The Morgan fingerprint density at radius 1 is 0.393 bits per heavy atom. The van der Waals surface area contributed by atoms with Crippen molar-refractivity contribution < 1.29 is 4.42 Å². The number of hydrogen-bond acceptors (Lipinski definition) is 5. The molecule has 262 valence electrons. The number of fused-ring (bicyclic) bond motifs is 6. The van der Waals surface area contributed by atoms with Crippen molar-refractivity contribution in [3.63, 3.8) is 0 Å². The molecule has 0 bridgehead atoms. The van der Waals surface area contributed by atoms with Gasteiger partial charge < -0.3 is 4.42 Å². The quantitative estimate of drug-likeness (QED) is 0.171. The minimum absolute atomic E-state index is 0.675. The summed E-state index contributed by atoms with van der Waals surface area (Å²) >= 11 is 1.84. The highest BCUT2D eigenvalue weighted by Crippen LogP contribution is 2.44. The zero-order valence-electron chi connectivity index (χ0n) is 30.1. The van der Waals surface area contributed by atoms with E-state index in [0.29, 0.717) is 5.82 Å². The van der Waals surface area contributed by atoms with Crippen LogP contribution in [-0.2, 0) is 0 Å². The van der Waals surface area contributed by atoms with E-state index in [4.69, 9.17) is 14.4 Å². The molecule has 0 fully saturated rings. The van der Waals surface area contributed by atoms with Gasteiger partial charge in [-0.2, -0.15) is 0 Å². The number of thiophene rings is 1. The fourth-order valence-corrected chi connectivity index (χ4v) is 8.90. The Kier molecular flexibility index (Phi) is 7.64. The van der Waals surface area contributed by atoms with Crippen molar-refractivity contribution >= 4 is 53.4 Å². The second kappa shape index (κ2) is 13.3. The lowest BCUT2D eigenvalue weighted by molar-refractivity contribution is 0.670. The average Bonchev–Trinajstić information content (AvgIpc) is 3.85. The topological polar surface area (TPSA) is 51.8 Å². The molecule has 11 rings (SSSR count). The first-order valence-corrected chi connectivity index (χ1v) is 19.5. The molecule has 4 nitrogen and oxygen atoms in total. The first-order valence-electron chi connectivity index (χ1n) is 18.7. The Morgan fingerprint density at radius 3 is 1.79 bits per heavy atom. The number of hydrogen-bond donors (Lipinski definition) is 0. The second-order valence-corrected chi connectivity index (χ2v) is 15.1. The van der Waals surface area contributed by atoms with Crippen LogP contribution >= 0.6 is 11.3 Å². The van der Waals surface area contributed by atoms with Crippen molar-refractivity contribution in [1.82, 2.24) is 15.0 Å². The maximum atomic E-state index is 6.70.